The predicted octanol–water partition coefficient (Wildman–Crippen LogP) is 2.04. The molecule has 0 N–H and O–H groups in total. The highest BCUT2D eigenvalue weighted by Gasteiger charge is 2.26. The van der Waals surface area contributed by atoms with Crippen LogP contribution in [0.25, 0.3) is 0 Å². The monoisotopic (exact) mass is 310 g/mol. The highest BCUT2D eigenvalue weighted by atomic mass is 16.5. The molecule has 1 heterocycles. The van der Waals surface area contributed by atoms with E-state index in [1.54, 1.807) is 26.4 Å². The van der Waals surface area contributed by atoms with Gasteiger partial charge in [0.2, 0.25) is 5.78 Å². The Morgan fingerprint density at radius 3 is 2.61 bits per heavy atom. The molecule has 0 saturated carbocycles. The standard InChI is InChI=1S/C17H14N2O4/c1-22-14-4-3-10(6-15(14)23-2)5-11-7-13(20)16-12(17(11)21)8-18-9-19-16/h3-4,6-9H,5H2,1-2H3. The Balaban J connectivity index is 1.92. The Hall–Kier alpha value is -3.02. The van der Waals surface area contributed by atoms with Crippen LogP contribution in [0.3, 0.4) is 0 Å². The fraction of sp³-hybridized carbons (Fsp3) is 0.176. The maximum absolute atomic E-state index is 12.5. The van der Waals surface area contributed by atoms with E-state index in [9.17, 15) is 9.59 Å². The smallest absolute Gasteiger partial charge is 0.205 e. The van der Waals surface area contributed by atoms with Crippen LogP contribution >= 0.6 is 0 Å². The molecule has 1 aliphatic carbocycles. The van der Waals surface area contributed by atoms with Gasteiger partial charge in [-0.2, -0.15) is 0 Å². The molecule has 116 valence electrons. The molecule has 1 aromatic carbocycles. The molecule has 0 atom stereocenters. The van der Waals surface area contributed by atoms with Crippen molar-refractivity contribution in [3.05, 3.63) is 59.2 Å². The number of methoxy groups -OCH3 is 2. The number of hydrogen-bond acceptors (Lipinski definition) is 6. The maximum atomic E-state index is 12.5. The van der Waals surface area contributed by atoms with Gasteiger partial charge in [0.25, 0.3) is 0 Å². The number of carbonyl (C=O) groups excluding carboxylic acids is 2. The van der Waals surface area contributed by atoms with E-state index in [4.69, 9.17) is 9.47 Å². The lowest BCUT2D eigenvalue weighted by Gasteiger charge is -2.14. The van der Waals surface area contributed by atoms with E-state index in [-0.39, 0.29) is 22.8 Å². The zero-order valence-corrected chi connectivity index (χ0v) is 12.7. The molecule has 0 saturated heterocycles. The van der Waals surface area contributed by atoms with Crippen LogP contribution < -0.4 is 9.47 Å². The highest BCUT2D eigenvalue weighted by molar-refractivity contribution is 6.23. The average Bonchev–Trinajstić information content (AvgIpc) is 2.59. The largest absolute Gasteiger partial charge is 0.493 e. The summed E-state index contributed by atoms with van der Waals surface area (Å²) in [5.74, 6) is 0.673. The van der Waals surface area contributed by atoms with Crippen molar-refractivity contribution in [1.82, 2.24) is 9.97 Å². The van der Waals surface area contributed by atoms with Gasteiger partial charge in [0.15, 0.2) is 17.3 Å². The van der Waals surface area contributed by atoms with Crippen molar-refractivity contribution in [2.24, 2.45) is 0 Å². The number of nitrogens with zero attached hydrogens (tertiary/aromatic N) is 2. The lowest BCUT2D eigenvalue weighted by Crippen LogP contribution is -2.20. The zero-order valence-electron chi connectivity index (χ0n) is 12.7. The van der Waals surface area contributed by atoms with Gasteiger partial charge >= 0.3 is 0 Å². The van der Waals surface area contributed by atoms with Crippen LogP contribution in [0.4, 0.5) is 0 Å². The van der Waals surface area contributed by atoms with Gasteiger partial charge in [-0.25, -0.2) is 9.97 Å². The number of allylic oxidation sites excluding steroid dienone is 2. The van der Waals surface area contributed by atoms with Crippen molar-refractivity contribution < 1.29 is 19.1 Å². The normalized spacial score (nSPS) is 13.4. The summed E-state index contributed by atoms with van der Waals surface area (Å²) in [5.41, 5.74) is 1.65. The van der Waals surface area contributed by atoms with Gasteiger partial charge in [-0.15, -0.1) is 0 Å². The molecule has 0 radical (unpaired) electrons. The summed E-state index contributed by atoms with van der Waals surface area (Å²) >= 11 is 0. The molecule has 0 fully saturated rings. The number of ether oxygens (including phenoxy) is 2. The van der Waals surface area contributed by atoms with E-state index in [2.05, 4.69) is 9.97 Å². The number of hydrogen-bond donors (Lipinski definition) is 0. The molecule has 23 heavy (non-hydrogen) atoms. The van der Waals surface area contributed by atoms with Gasteiger partial charge < -0.3 is 9.47 Å². The number of carbonyl (C=O) groups is 2. The molecule has 6 nitrogen and oxygen atoms in total. The minimum Gasteiger partial charge on any atom is -0.493 e. The Labute approximate surface area is 132 Å². The number of fused-ring (bicyclic) bond motifs is 1. The van der Waals surface area contributed by atoms with E-state index in [0.717, 1.165) is 5.56 Å². The molecule has 3 rings (SSSR count). The van der Waals surface area contributed by atoms with Crippen molar-refractivity contribution in [1.29, 1.82) is 0 Å². The molecule has 2 aromatic rings. The van der Waals surface area contributed by atoms with E-state index in [1.807, 2.05) is 6.07 Å². The summed E-state index contributed by atoms with van der Waals surface area (Å²) in [4.78, 5) is 32.3. The number of aromatic nitrogens is 2. The topological polar surface area (TPSA) is 78.4 Å². The summed E-state index contributed by atoms with van der Waals surface area (Å²) in [6.07, 6.45) is 4.30. The summed E-state index contributed by atoms with van der Waals surface area (Å²) < 4.78 is 10.4. The summed E-state index contributed by atoms with van der Waals surface area (Å²) in [5, 5.41) is 0. The lowest BCUT2D eigenvalue weighted by atomic mass is 9.90. The van der Waals surface area contributed by atoms with Gasteiger partial charge in [-0.1, -0.05) is 6.07 Å². The fourth-order valence-corrected chi connectivity index (χ4v) is 2.50. The first-order chi connectivity index (χ1) is 11.1. The predicted molar refractivity (Wildman–Crippen MR) is 82.0 cm³/mol. The summed E-state index contributed by atoms with van der Waals surface area (Å²) in [7, 11) is 3.10. The zero-order chi connectivity index (χ0) is 16.4. The quantitative estimate of drug-likeness (QED) is 0.860. The second kappa shape index (κ2) is 6.00. The first-order valence-electron chi connectivity index (χ1n) is 6.94. The van der Waals surface area contributed by atoms with Crippen molar-refractivity contribution >= 4 is 11.6 Å². The fourth-order valence-electron chi connectivity index (χ4n) is 2.50. The SMILES string of the molecule is COc1ccc(CC2=CC(=O)c3ncncc3C2=O)cc1OC. The molecular formula is C17H14N2O4. The van der Waals surface area contributed by atoms with Crippen molar-refractivity contribution in [2.75, 3.05) is 14.2 Å². The molecule has 1 aliphatic rings. The van der Waals surface area contributed by atoms with Crippen LogP contribution in [-0.4, -0.2) is 35.8 Å². The van der Waals surface area contributed by atoms with E-state index in [0.29, 0.717) is 23.5 Å². The van der Waals surface area contributed by atoms with Crippen LogP contribution in [0.5, 0.6) is 11.5 Å². The van der Waals surface area contributed by atoms with Gasteiger partial charge in [-0.05, 0) is 23.8 Å². The van der Waals surface area contributed by atoms with E-state index >= 15 is 0 Å². The van der Waals surface area contributed by atoms with E-state index < -0.39 is 0 Å². The van der Waals surface area contributed by atoms with Gasteiger partial charge in [0.1, 0.15) is 12.0 Å². The Morgan fingerprint density at radius 2 is 1.87 bits per heavy atom. The Morgan fingerprint density at radius 1 is 1.09 bits per heavy atom. The van der Waals surface area contributed by atoms with Crippen molar-refractivity contribution in [3.8, 4) is 11.5 Å². The minimum atomic E-state index is -0.280. The number of benzene rings is 1. The van der Waals surface area contributed by atoms with Crippen LogP contribution in [0.1, 0.15) is 26.4 Å². The molecule has 0 spiro atoms. The van der Waals surface area contributed by atoms with Crippen LogP contribution in [0, 0.1) is 0 Å². The molecule has 1 aromatic heterocycles. The molecule has 0 amide bonds. The first kappa shape index (κ1) is 14.9. The molecule has 6 heteroatoms. The molecule has 0 unspecified atom stereocenters. The summed E-state index contributed by atoms with van der Waals surface area (Å²) in [6, 6.07) is 5.38. The van der Waals surface area contributed by atoms with Crippen LogP contribution in [0.2, 0.25) is 0 Å². The van der Waals surface area contributed by atoms with Crippen LogP contribution in [-0.2, 0) is 6.42 Å². The molecular weight excluding hydrogens is 296 g/mol. The summed E-state index contributed by atoms with van der Waals surface area (Å²) in [6.45, 7) is 0. The minimum absolute atomic E-state index is 0.154. The lowest BCUT2D eigenvalue weighted by molar-refractivity contribution is 0.0978. The van der Waals surface area contributed by atoms with Gasteiger partial charge in [0, 0.05) is 18.2 Å². The molecule has 0 aliphatic heterocycles. The Bertz CT molecular complexity index is 827. The maximum Gasteiger partial charge on any atom is 0.205 e. The second-order valence-electron chi connectivity index (χ2n) is 5.01. The number of rotatable bonds is 4. The van der Waals surface area contributed by atoms with E-state index in [1.165, 1.54) is 18.6 Å². The Kier molecular flexibility index (Phi) is 3.89. The van der Waals surface area contributed by atoms with Crippen LogP contribution in [0.15, 0.2) is 42.4 Å². The number of Topliss-reactive ketones (excluding diaryl/α,β-unsaturated/α-hetero) is 1. The third kappa shape index (κ3) is 2.70. The first-order valence-corrected chi connectivity index (χ1v) is 6.94. The van der Waals surface area contributed by atoms with Gasteiger partial charge in [-0.3, -0.25) is 9.59 Å². The molecule has 0 bridgehead atoms. The van der Waals surface area contributed by atoms with Crippen molar-refractivity contribution in [3.63, 3.8) is 0 Å². The second-order valence-corrected chi connectivity index (χ2v) is 5.01. The average molecular weight is 310 g/mol. The third-order valence-corrected chi connectivity index (χ3v) is 3.63. The van der Waals surface area contributed by atoms with Crippen molar-refractivity contribution in [2.45, 2.75) is 6.42 Å². The van der Waals surface area contributed by atoms with Gasteiger partial charge in [0.05, 0.1) is 19.8 Å². The highest BCUT2D eigenvalue weighted by Crippen LogP contribution is 2.29. The third-order valence-electron chi connectivity index (χ3n) is 3.63. The number of ketones is 2.